The largest absolute Gasteiger partial charge is 0.451 e. The van der Waals surface area contributed by atoms with Crippen molar-refractivity contribution >= 4 is 46.6 Å². The van der Waals surface area contributed by atoms with Gasteiger partial charge >= 0.3 is 11.9 Å². The Balaban J connectivity index is 1.59. The highest BCUT2D eigenvalue weighted by molar-refractivity contribution is 6.33. The maximum atomic E-state index is 13.2. The number of likely N-dealkylation sites (N-methyl/N-ethyl adjacent to an activating group) is 1. The molecule has 1 amide bonds. The number of esters is 2. The third kappa shape index (κ3) is 5.24. The molecule has 39 heavy (non-hydrogen) atoms. The van der Waals surface area contributed by atoms with E-state index in [1.807, 2.05) is 0 Å². The van der Waals surface area contributed by atoms with Gasteiger partial charge < -0.3 is 25.3 Å². The van der Waals surface area contributed by atoms with E-state index in [0.717, 1.165) is 0 Å². The molecule has 200 valence electrons. The molecule has 2 aromatic heterocycles. The van der Waals surface area contributed by atoms with E-state index in [9.17, 15) is 14.4 Å². The molecule has 1 saturated heterocycles. The van der Waals surface area contributed by atoms with E-state index in [1.54, 1.807) is 67.6 Å². The topological polar surface area (TPSA) is 161 Å². The predicted octanol–water partition coefficient (Wildman–Crippen LogP) is 2.55. The quantitative estimate of drug-likeness (QED) is 0.258. The normalized spacial score (nSPS) is 20.5. The van der Waals surface area contributed by atoms with Crippen LogP contribution in [0.25, 0.3) is 11.2 Å². The Labute approximate surface area is 227 Å². The molecule has 0 radical (unpaired) electrons. The van der Waals surface area contributed by atoms with Crippen LogP contribution in [0.1, 0.15) is 33.9 Å². The number of halogens is 1. The van der Waals surface area contributed by atoms with E-state index in [1.165, 1.54) is 10.9 Å². The Bertz CT molecular complexity index is 1520. The highest BCUT2D eigenvalue weighted by Gasteiger charge is 2.54. The van der Waals surface area contributed by atoms with Crippen LogP contribution in [-0.4, -0.2) is 62.2 Å². The molecule has 1 fully saturated rings. The van der Waals surface area contributed by atoms with Crippen molar-refractivity contribution in [2.45, 2.75) is 31.5 Å². The predicted molar refractivity (Wildman–Crippen MR) is 139 cm³/mol. The fourth-order valence-corrected chi connectivity index (χ4v) is 4.44. The molecule has 0 saturated carbocycles. The van der Waals surface area contributed by atoms with Crippen molar-refractivity contribution in [2.24, 2.45) is 0 Å². The number of ether oxygens (including phenoxy) is 3. The Kier molecular flexibility index (Phi) is 7.39. The zero-order valence-electron chi connectivity index (χ0n) is 20.6. The van der Waals surface area contributed by atoms with Gasteiger partial charge in [0.05, 0.1) is 17.5 Å². The first kappa shape index (κ1) is 26.1. The molecular weight excluding hydrogens is 528 g/mol. The van der Waals surface area contributed by atoms with Gasteiger partial charge in [0.15, 0.2) is 35.3 Å². The fraction of sp³-hybridized carbons (Fsp3) is 0.231. The molecule has 0 spiro atoms. The average Bonchev–Trinajstić information content (AvgIpc) is 3.51. The maximum Gasteiger partial charge on any atom is 0.338 e. The minimum atomic E-state index is -1.34. The highest BCUT2D eigenvalue weighted by Crippen LogP contribution is 2.37. The van der Waals surface area contributed by atoms with E-state index < -0.39 is 42.4 Å². The molecule has 1 aliphatic rings. The summed E-state index contributed by atoms with van der Waals surface area (Å²) in [5.41, 5.74) is 6.67. The lowest BCUT2D eigenvalue weighted by Gasteiger charge is -2.24. The van der Waals surface area contributed by atoms with Gasteiger partial charge in [-0.25, -0.2) is 14.6 Å². The number of carbonyl (C=O) groups excluding carboxylic acids is 3. The average molecular weight is 551 g/mol. The van der Waals surface area contributed by atoms with E-state index in [4.69, 9.17) is 31.5 Å². The second kappa shape index (κ2) is 11.1. The van der Waals surface area contributed by atoms with Crippen molar-refractivity contribution in [3.63, 3.8) is 0 Å². The van der Waals surface area contributed by atoms with Crippen LogP contribution in [0, 0.1) is 0 Å². The number of nitrogens with one attached hydrogen (secondary N) is 1. The molecule has 2 aromatic carbocycles. The molecule has 4 atom stereocenters. The summed E-state index contributed by atoms with van der Waals surface area (Å²) in [6.45, 7) is 2.01. The van der Waals surface area contributed by atoms with Crippen molar-refractivity contribution in [1.82, 2.24) is 24.8 Å². The number of benzene rings is 2. The number of rotatable bonds is 7. The lowest BCUT2D eigenvalue weighted by molar-refractivity contribution is -0.137. The third-order valence-corrected chi connectivity index (χ3v) is 6.24. The van der Waals surface area contributed by atoms with E-state index >= 15 is 0 Å². The summed E-state index contributed by atoms with van der Waals surface area (Å²) in [5, 5.41) is 2.67. The van der Waals surface area contributed by atoms with Gasteiger partial charge in [0.25, 0.3) is 5.91 Å². The number of nitrogens with two attached hydrogens (primary N) is 1. The van der Waals surface area contributed by atoms with Crippen LogP contribution in [0.4, 0.5) is 5.95 Å². The number of anilines is 1. The van der Waals surface area contributed by atoms with Gasteiger partial charge in [0.1, 0.15) is 5.52 Å². The number of hydrogen-bond acceptors (Lipinski definition) is 10. The summed E-state index contributed by atoms with van der Waals surface area (Å²) in [5.74, 6) is -2.14. The van der Waals surface area contributed by atoms with Gasteiger partial charge in [0.2, 0.25) is 5.95 Å². The summed E-state index contributed by atoms with van der Waals surface area (Å²) >= 11 is 6.20. The number of hydrogen-bond donors (Lipinski definition) is 2. The smallest absolute Gasteiger partial charge is 0.338 e. The number of carbonyl (C=O) groups is 3. The monoisotopic (exact) mass is 550 g/mol. The molecule has 4 unspecified atom stereocenters. The molecule has 0 bridgehead atoms. The summed E-state index contributed by atoms with van der Waals surface area (Å²) < 4.78 is 19.2. The standard InChI is InChI=1S/C26H23ClN6O6/c1-2-29-22(34)18-17(38-24(35)14-9-5-3-6-10-14)19(39-25(36)15-11-7-4-8-12-15)23(37-18)33-13-30-16-20(27)31-26(28)32-21(16)33/h3-13,17-19,23H,2H2,1H3,(H,29,34)(H2,28,31,32). The van der Waals surface area contributed by atoms with Crippen LogP contribution in [-0.2, 0) is 19.0 Å². The van der Waals surface area contributed by atoms with Crippen LogP contribution < -0.4 is 11.1 Å². The van der Waals surface area contributed by atoms with Crippen molar-refractivity contribution in [3.05, 3.63) is 83.3 Å². The Morgan fingerprint density at radius 3 is 2.15 bits per heavy atom. The van der Waals surface area contributed by atoms with Gasteiger partial charge in [-0.05, 0) is 31.2 Å². The lowest BCUT2D eigenvalue weighted by Crippen LogP contribution is -2.46. The molecule has 3 heterocycles. The molecule has 5 rings (SSSR count). The zero-order valence-corrected chi connectivity index (χ0v) is 21.3. The Morgan fingerprint density at radius 2 is 1.56 bits per heavy atom. The second-order valence-corrected chi connectivity index (χ2v) is 8.87. The van der Waals surface area contributed by atoms with E-state index in [2.05, 4.69) is 20.3 Å². The highest BCUT2D eigenvalue weighted by atomic mass is 35.5. The van der Waals surface area contributed by atoms with Crippen LogP contribution in [0.5, 0.6) is 0 Å². The SMILES string of the molecule is CCNC(=O)C1OC(n2cnc3c(Cl)nc(N)nc32)C(OC(=O)c2ccccc2)C1OC(=O)c1ccccc1. The minimum absolute atomic E-state index is 0.000548. The van der Waals surface area contributed by atoms with Crippen LogP contribution >= 0.6 is 11.6 Å². The van der Waals surface area contributed by atoms with Gasteiger partial charge in [-0.2, -0.15) is 9.97 Å². The lowest BCUT2D eigenvalue weighted by atomic mass is 10.1. The Hall–Kier alpha value is -4.55. The van der Waals surface area contributed by atoms with Crippen molar-refractivity contribution in [2.75, 3.05) is 12.3 Å². The summed E-state index contributed by atoms with van der Waals surface area (Å²) in [6, 6.07) is 16.5. The zero-order chi connectivity index (χ0) is 27.5. The second-order valence-electron chi connectivity index (χ2n) is 8.51. The first-order valence-electron chi connectivity index (χ1n) is 12.0. The van der Waals surface area contributed by atoms with Gasteiger partial charge in [0, 0.05) is 6.54 Å². The Morgan fingerprint density at radius 1 is 0.974 bits per heavy atom. The third-order valence-electron chi connectivity index (χ3n) is 5.97. The number of imidazole rings is 1. The van der Waals surface area contributed by atoms with Crippen molar-refractivity contribution < 1.29 is 28.6 Å². The molecular formula is C26H23ClN6O6. The van der Waals surface area contributed by atoms with Crippen molar-refractivity contribution in [1.29, 1.82) is 0 Å². The first-order chi connectivity index (χ1) is 18.9. The van der Waals surface area contributed by atoms with E-state index in [-0.39, 0.29) is 39.9 Å². The molecule has 1 aliphatic heterocycles. The number of amides is 1. The summed E-state index contributed by atoms with van der Waals surface area (Å²) in [6.07, 6.45) is -3.84. The van der Waals surface area contributed by atoms with Crippen LogP contribution in [0.3, 0.4) is 0 Å². The summed E-state index contributed by atoms with van der Waals surface area (Å²) in [4.78, 5) is 51.7. The molecule has 3 N–H and O–H groups in total. The molecule has 12 nitrogen and oxygen atoms in total. The summed E-state index contributed by atoms with van der Waals surface area (Å²) in [7, 11) is 0. The maximum absolute atomic E-state index is 13.2. The molecule has 13 heteroatoms. The minimum Gasteiger partial charge on any atom is -0.451 e. The number of fused-ring (bicyclic) bond motifs is 1. The number of aromatic nitrogens is 4. The van der Waals surface area contributed by atoms with Crippen molar-refractivity contribution in [3.8, 4) is 0 Å². The van der Waals surface area contributed by atoms with Crippen LogP contribution in [0.15, 0.2) is 67.0 Å². The van der Waals surface area contributed by atoms with Gasteiger partial charge in [-0.1, -0.05) is 48.0 Å². The first-order valence-corrected chi connectivity index (χ1v) is 12.4. The fourth-order valence-electron chi connectivity index (χ4n) is 4.22. The number of nitrogens with zero attached hydrogens (tertiary/aromatic N) is 4. The van der Waals surface area contributed by atoms with Gasteiger partial charge in [-0.3, -0.25) is 9.36 Å². The number of nitrogen functional groups attached to an aromatic ring is 1. The molecule has 0 aliphatic carbocycles. The van der Waals surface area contributed by atoms with Crippen LogP contribution in [0.2, 0.25) is 5.15 Å². The van der Waals surface area contributed by atoms with Gasteiger partial charge in [-0.15, -0.1) is 0 Å². The van der Waals surface area contributed by atoms with E-state index in [0.29, 0.717) is 0 Å². The molecule has 4 aromatic rings.